The highest BCUT2D eigenvalue weighted by molar-refractivity contribution is 9.10. The van der Waals surface area contributed by atoms with Crippen molar-refractivity contribution in [1.29, 1.82) is 0 Å². The molecule has 0 saturated carbocycles. The summed E-state index contributed by atoms with van der Waals surface area (Å²) >= 11 is 3.53. The van der Waals surface area contributed by atoms with Crippen LogP contribution < -0.4 is 20.6 Å². The number of halogens is 1. The van der Waals surface area contributed by atoms with Crippen LogP contribution in [-0.2, 0) is 6.61 Å². The van der Waals surface area contributed by atoms with Crippen molar-refractivity contribution in [3.63, 3.8) is 0 Å². The van der Waals surface area contributed by atoms with E-state index < -0.39 is 5.91 Å². The molecular weight excluding hydrogens is 520 g/mol. The Morgan fingerprint density at radius 2 is 2.06 bits per heavy atom. The standard InChI is InChI=1S/C22H21BrN8O4/c1-3-33-17-10-15(9-16(23)19(17)34-12-14-7-5-4-6-8-14)11-25-27-22(32)18-13(2)26-30-31(18)21-20(24)28-35-29-21/h4-11H,3,12H2,1-2H3,(H2,24,28)(H,27,32)/b25-11+. The molecule has 35 heavy (non-hydrogen) atoms. The maximum Gasteiger partial charge on any atom is 0.292 e. The Hall–Kier alpha value is -4.26. The van der Waals surface area contributed by atoms with Crippen LogP contribution in [0.15, 0.2) is 56.7 Å². The molecule has 0 aliphatic rings. The molecule has 0 aliphatic carbocycles. The average molecular weight is 541 g/mol. The predicted octanol–water partition coefficient (Wildman–Crippen LogP) is 3.05. The van der Waals surface area contributed by atoms with Crippen molar-refractivity contribution in [3.8, 4) is 17.3 Å². The molecule has 2 aromatic heterocycles. The van der Waals surface area contributed by atoms with E-state index >= 15 is 0 Å². The van der Waals surface area contributed by atoms with Gasteiger partial charge in [0, 0.05) is 0 Å². The topological polar surface area (TPSA) is 156 Å². The number of ether oxygens (including phenoxy) is 2. The van der Waals surface area contributed by atoms with Gasteiger partial charge in [0.1, 0.15) is 6.61 Å². The van der Waals surface area contributed by atoms with Crippen LogP contribution in [0.2, 0.25) is 0 Å². The first-order chi connectivity index (χ1) is 17.0. The molecule has 0 atom stereocenters. The summed E-state index contributed by atoms with van der Waals surface area (Å²) in [6.45, 7) is 4.33. The fourth-order valence-electron chi connectivity index (χ4n) is 3.12. The van der Waals surface area contributed by atoms with Crippen LogP contribution in [0.1, 0.15) is 34.2 Å². The Balaban J connectivity index is 1.50. The van der Waals surface area contributed by atoms with Crippen LogP contribution in [0, 0.1) is 6.92 Å². The second-order valence-corrected chi connectivity index (χ2v) is 8.00. The lowest BCUT2D eigenvalue weighted by molar-refractivity contribution is 0.0946. The van der Waals surface area contributed by atoms with Gasteiger partial charge in [-0.1, -0.05) is 35.5 Å². The number of hydrogen-bond donors (Lipinski definition) is 2. The number of hydrazone groups is 1. The quantitative estimate of drug-likeness (QED) is 0.240. The summed E-state index contributed by atoms with van der Waals surface area (Å²) in [6, 6.07) is 13.4. The number of benzene rings is 2. The third-order valence-corrected chi connectivity index (χ3v) is 5.28. The first-order valence-corrected chi connectivity index (χ1v) is 11.2. The molecule has 0 saturated heterocycles. The molecule has 0 radical (unpaired) electrons. The molecular formula is C22H21BrN8O4. The lowest BCUT2D eigenvalue weighted by Gasteiger charge is -2.14. The van der Waals surface area contributed by atoms with Crippen LogP contribution in [0.25, 0.3) is 5.82 Å². The van der Waals surface area contributed by atoms with Crippen molar-refractivity contribution in [2.75, 3.05) is 12.3 Å². The summed E-state index contributed by atoms with van der Waals surface area (Å²) in [5.74, 6) is 0.559. The highest BCUT2D eigenvalue weighted by Gasteiger charge is 2.22. The van der Waals surface area contributed by atoms with Crippen LogP contribution >= 0.6 is 15.9 Å². The van der Waals surface area contributed by atoms with Crippen molar-refractivity contribution in [1.82, 2.24) is 30.7 Å². The molecule has 13 heteroatoms. The SMILES string of the molecule is CCOc1cc(/C=N/NC(=O)c2c(C)nnn2-c2nonc2N)cc(Br)c1OCc1ccccc1. The maximum absolute atomic E-state index is 12.8. The van der Waals surface area contributed by atoms with Crippen LogP contribution in [0.4, 0.5) is 5.82 Å². The number of aromatic nitrogens is 5. The van der Waals surface area contributed by atoms with Crippen molar-refractivity contribution in [2.45, 2.75) is 20.5 Å². The Bertz CT molecular complexity index is 1350. The van der Waals surface area contributed by atoms with E-state index in [1.807, 2.05) is 37.3 Å². The number of nitrogens with zero attached hydrogens (tertiary/aromatic N) is 6. The molecule has 2 aromatic carbocycles. The molecule has 3 N–H and O–H groups in total. The molecule has 1 amide bonds. The van der Waals surface area contributed by atoms with E-state index in [1.54, 1.807) is 19.1 Å². The molecule has 12 nitrogen and oxygen atoms in total. The third kappa shape index (κ3) is 5.46. The lowest BCUT2D eigenvalue weighted by Crippen LogP contribution is -2.22. The van der Waals surface area contributed by atoms with E-state index in [4.69, 9.17) is 15.2 Å². The summed E-state index contributed by atoms with van der Waals surface area (Å²) in [7, 11) is 0. The van der Waals surface area contributed by atoms with Crippen LogP contribution in [-0.4, -0.2) is 44.0 Å². The first-order valence-electron chi connectivity index (χ1n) is 10.4. The number of nitrogens with two attached hydrogens (primary N) is 1. The summed E-state index contributed by atoms with van der Waals surface area (Å²) in [6.07, 6.45) is 1.47. The van der Waals surface area contributed by atoms with Gasteiger partial charge < -0.3 is 15.2 Å². The summed E-state index contributed by atoms with van der Waals surface area (Å²) < 4.78 is 18.1. The van der Waals surface area contributed by atoms with Gasteiger partial charge in [-0.05, 0) is 63.4 Å². The Morgan fingerprint density at radius 1 is 1.26 bits per heavy atom. The molecule has 0 bridgehead atoms. The minimum absolute atomic E-state index is 0.0321. The highest BCUT2D eigenvalue weighted by Crippen LogP contribution is 2.37. The van der Waals surface area contributed by atoms with Gasteiger partial charge >= 0.3 is 0 Å². The second kappa shape index (κ2) is 10.8. The molecule has 0 unspecified atom stereocenters. The number of carbonyl (C=O) groups is 1. The van der Waals surface area contributed by atoms with E-state index in [2.05, 4.69) is 51.7 Å². The molecule has 0 spiro atoms. The zero-order chi connectivity index (χ0) is 24.8. The van der Waals surface area contributed by atoms with Crippen molar-refractivity contribution in [2.24, 2.45) is 5.10 Å². The molecule has 0 fully saturated rings. The van der Waals surface area contributed by atoms with Crippen molar-refractivity contribution < 1.29 is 18.9 Å². The monoisotopic (exact) mass is 540 g/mol. The number of nitrogen functional groups attached to an aromatic ring is 1. The van der Waals surface area contributed by atoms with Gasteiger partial charge in [0.25, 0.3) is 5.91 Å². The lowest BCUT2D eigenvalue weighted by atomic mass is 10.2. The van der Waals surface area contributed by atoms with E-state index in [-0.39, 0.29) is 17.3 Å². The van der Waals surface area contributed by atoms with E-state index in [0.717, 1.165) is 10.2 Å². The number of anilines is 1. The van der Waals surface area contributed by atoms with Gasteiger partial charge in [0.15, 0.2) is 17.2 Å². The molecule has 2 heterocycles. The fourth-order valence-corrected chi connectivity index (χ4v) is 3.69. The molecule has 180 valence electrons. The smallest absolute Gasteiger partial charge is 0.292 e. The number of nitrogens with one attached hydrogen (secondary N) is 1. The third-order valence-electron chi connectivity index (χ3n) is 4.69. The first kappa shape index (κ1) is 23.9. The zero-order valence-electron chi connectivity index (χ0n) is 18.8. The maximum atomic E-state index is 12.8. The van der Waals surface area contributed by atoms with Gasteiger partial charge in [0.2, 0.25) is 11.6 Å². The van der Waals surface area contributed by atoms with Gasteiger partial charge in [-0.2, -0.15) is 9.78 Å². The number of carbonyl (C=O) groups excluding carboxylic acids is 1. The highest BCUT2D eigenvalue weighted by atomic mass is 79.9. The normalized spacial score (nSPS) is 11.1. The van der Waals surface area contributed by atoms with Crippen LogP contribution in [0.3, 0.4) is 0 Å². The molecule has 4 aromatic rings. The van der Waals surface area contributed by atoms with Crippen molar-refractivity contribution >= 4 is 33.9 Å². The molecule has 0 aliphatic heterocycles. The largest absolute Gasteiger partial charge is 0.490 e. The number of hydrogen-bond acceptors (Lipinski definition) is 10. The summed E-state index contributed by atoms with van der Waals surface area (Å²) in [5.41, 5.74) is 10.3. The number of aryl methyl sites for hydroxylation is 1. The van der Waals surface area contributed by atoms with E-state index in [1.165, 1.54) is 6.21 Å². The van der Waals surface area contributed by atoms with E-state index in [9.17, 15) is 4.79 Å². The van der Waals surface area contributed by atoms with Crippen molar-refractivity contribution in [3.05, 3.63) is 69.5 Å². The zero-order valence-corrected chi connectivity index (χ0v) is 20.4. The minimum Gasteiger partial charge on any atom is -0.490 e. The van der Waals surface area contributed by atoms with Gasteiger partial charge in [-0.15, -0.1) is 5.10 Å². The van der Waals surface area contributed by atoms with Gasteiger partial charge in [-0.25, -0.2) is 10.1 Å². The minimum atomic E-state index is -0.571. The summed E-state index contributed by atoms with van der Waals surface area (Å²) in [5, 5.41) is 19.0. The molecule has 4 rings (SSSR count). The average Bonchev–Trinajstić information content (AvgIpc) is 3.44. The van der Waals surface area contributed by atoms with Gasteiger partial charge in [0.05, 0.1) is 23.0 Å². The Labute approximate surface area is 208 Å². The predicted molar refractivity (Wildman–Crippen MR) is 130 cm³/mol. The Morgan fingerprint density at radius 3 is 2.77 bits per heavy atom. The fraction of sp³-hybridized carbons (Fsp3) is 0.182. The van der Waals surface area contributed by atoms with E-state index in [0.29, 0.717) is 40.4 Å². The second-order valence-electron chi connectivity index (χ2n) is 7.14. The summed E-state index contributed by atoms with van der Waals surface area (Å²) in [4.78, 5) is 12.8. The van der Waals surface area contributed by atoms with Gasteiger partial charge in [-0.3, -0.25) is 4.79 Å². The number of amides is 1. The van der Waals surface area contributed by atoms with Crippen LogP contribution in [0.5, 0.6) is 11.5 Å². The number of rotatable bonds is 9. The Kier molecular flexibility index (Phi) is 7.35.